The number of fused-ring (bicyclic) bond motifs is 1. The van der Waals surface area contributed by atoms with Crippen LogP contribution < -0.4 is 5.73 Å². The van der Waals surface area contributed by atoms with Gasteiger partial charge in [-0.25, -0.2) is 14.4 Å². The van der Waals surface area contributed by atoms with Crippen LogP contribution in [0.2, 0.25) is 0 Å². The highest BCUT2D eigenvalue weighted by molar-refractivity contribution is 8.09. The maximum Gasteiger partial charge on any atom is 0.508 e. The topological polar surface area (TPSA) is 208 Å². The lowest BCUT2D eigenvalue weighted by atomic mass is 9.53. The molecule has 4 atom stereocenters. The maximum atomic E-state index is 13.1. The van der Waals surface area contributed by atoms with Gasteiger partial charge in [-0.1, -0.05) is 0 Å². The molecule has 0 spiro atoms. The number of nitro benzene ring substituents is 1. The summed E-state index contributed by atoms with van der Waals surface area (Å²) in [6.45, 7) is 0.0528. The monoisotopic (exact) mass is 512 g/mol. The molecular formula is C19H18N3O12S+. The molecule has 1 aliphatic heterocycles. The van der Waals surface area contributed by atoms with Crippen molar-refractivity contribution in [3.05, 3.63) is 39.9 Å². The third kappa shape index (κ3) is 4.11. The fourth-order valence-electron chi connectivity index (χ4n) is 3.86. The first kappa shape index (κ1) is 25.7. The number of primary amides is 1. The number of quaternary nitrogens is 1. The van der Waals surface area contributed by atoms with Gasteiger partial charge >= 0.3 is 18.2 Å². The summed E-state index contributed by atoms with van der Waals surface area (Å²) >= 11 is 0.200. The van der Waals surface area contributed by atoms with Gasteiger partial charge in [-0.2, -0.15) is 4.84 Å². The van der Waals surface area contributed by atoms with Gasteiger partial charge in [-0.3, -0.25) is 24.5 Å². The van der Waals surface area contributed by atoms with E-state index < -0.39 is 68.0 Å². The molecule has 0 bridgehead atoms. The number of benzene rings is 1. The minimum absolute atomic E-state index is 0.163. The molecule has 1 aliphatic carbocycles. The van der Waals surface area contributed by atoms with Crippen LogP contribution in [0.15, 0.2) is 24.3 Å². The van der Waals surface area contributed by atoms with Crippen molar-refractivity contribution in [1.82, 2.24) is 0 Å². The van der Waals surface area contributed by atoms with E-state index in [0.717, 1.165) is 7.11 Å². The molecule has 2 aliphatic rings. The minimum atomic E-state index is -2.09. The van der Waals surface area contributed by atoms with Gasteiger partial charge in [-0.05, 0) is 28.7 Å². The van der Waals surface area contributed by atoms with E-state index in [9.17, 15) is 38.9 Å². The Hall–Kier alpha value is -3.89. The van der Waals surface area contributed by atoms with Gasteiger partial charge in [0.25, 0.3) is 22.0 Å². The van der Waals surface area contributed by atoms with Crippen molar-refractivity contribution in [2.75, 3.05) is 13.7 Å². The predicted molar refractivity (Wildman–Crippen MR) is 110 cm³/mol. The normalized spacial score (nSPS) is 25.4. The first-order valence-corrected chi connectivity index (χ1v) is 10.5. The van der Waals surface area contributed by atoms with Gasteiger partial charge in [0, 0.05) is 12.1 Å². The molecule has 2 fully saturated rings. The van der Waals surface area contributed by atoms with Crippen LogP contribution in [0.1, 0.15) is 12.5 Å². The highest BCUT2D eigenvalue weighted by atomic mass is 32.2. The van der Waals surface area contributed by atoms with E-state index in [4.69, 9.17) is 20.0 Å². The number of amides is 2. The Morgan fingerprint density at radius 2 is 1.83 bits per heavy atom. The fourth-order valence-corrected chi connectivity index (χ4v) is 4.95. The van der Waals surface area contributed by atoms with Gasteiger partial charge in [0.05, 0.1) is 12.0 Å². The zero-order valence-corrected chi connectivity index (χ0v) is 19.0. The van der Waals surface area contributed by atoms with Crippen LogP contribution in [-0.2, 0) is 44.8 Å². The molecule has 1 aromatic rings. The number of carbonyl (C=O) groups is 6. The van der Waals surface area contributed by atoms with Crippen molar-refractivity contribution in [3.8, 4) is 0 Å². The second kappa shape index (κ2) is 9.40. The summed E-state index contributed by atoms with van der Waals surface area (Å²) in [4.78, 5) is 88.0. The van der Waals surface area contributed by atoms with Gasteiger partial charge in [0.1, 0.15) is 12.7 Å². The smallest absolute Gasteiger partial charge is 0.440 e. The van der Waals surface area contributed by atoms with Gasteiger partial charge in [-0.15, -0.1) is 0 Å². The Morgan fingerprint density at radius 3 is 2.37 bits per heavy atom. The number of hydrogen-bond donors (Lipinski definition) is 1. The summed E-state index contributed by atoms with van der Waals surface area (Å²) in [6.07, 6.45) is -3.98. The van der Waals surface area contributed by atoms with Crippen LogP contribution in [0.3, 0.4) is 0 Å². The average Bonchev–Trinajstić information content (AvgIpc) is 2.82. The van der Waals surface area contributed by atoms with Crippen LogP contribution in [0.25, 0.3) is 0 Å². The molecule has 16 heteroatoms. The maximum absolute atomic E-state index is 13.1. The molecule has 0 aromatic heterocycles. The number of rotatable bonds is 9. The summed E-state index contributed by atoms with van der Waals surface area (Å²) in [5.74, 6) is -3.16. The van der Waals surface area contributed by atoms with Crippen LogP contribution >= 0.6 is 11.9 Å². The highest BCUT2D eigenvalue weighted by Gasteiger charge is 2.94. The SMILES string of the molecule is CO[N+]1(SC(=O)COC(N)=O)C(=O)[C@@]2(C(C)OC(=O)OCc3ccc([N+](=O)[O-])cc3)C(=O)C(=O)[C@H]21. The standard InChI is InChI=1S/C19H17N3O12S/c1-9(34-18(28)33-7-10-3-5-11(6-4-10)21(29)30)19-14(13(24)15(19)25)22(31-2,16(19)26)35-12(23)8-32-17(20)27/h3-6,9,14H,7-8H2,1-2H3,(H-,20,27)/p+1/t9?,14-,19-,22?/m1/s1. The number of hydroxylamine groups is 2. The average molecular weight is 512 g/mol. The molecule has 1 saturated heterocycles. The van der Waals surface area contributed by atoms with E-state index in [2.05, 4.69) is 4.74 Å². The largest absolute Gasteiger partial charge is 0.508 e. The van der Waals surface area contributed by atoms with Crippen molar-refractivity contribution in [1.29, 1.82) is 0 Å². The Balaban J connectivity index is 1.68. The van der Waals surface area contributed by atoms with Crippen LogP contribution in [-0.4, -0.2) is 69.7 Å². The molecule has 2 amide bonds. The number of non-ortho nitro benzene ring substituents is 1. The minimum Gasteiger partial charge on any atom is -0.440 e. The summed E-state index contributed by atoms with van der Waals surface area (Å²) < 4.78 is 13.1. The van der Waals surface area contributed by atoms with E-state index in [1.54, 1.807) is 0 Å². The molecular weight excluding hydrogens is 494 g/mol. The highest BCUT2D eigenvalue weighted by Crippen LogP contribution is 2.61. The summed E-state index contributed by atoms with van der Waals surface area (Å²) in [6, 6.07) is 3.63. The molecule has 2 unspecified atom stereocenters. The van der Waals surface area contributed by atoms with Crippen LogP contribution in [0, 0.1) is 15.5 Å². The van der Waals surface area contributed by atoms with E-state index in [0.29, 0.717) is 5.56 Å². The van der Waals surface area contributed by atoms with Gasteiger partial charge in [0.2, 0.25) is 23.8 Å². The number of carbonyl (C=O) groups excluding carboxylic acids is 6. The second-order valence-electron chi connectivity index (χ2n) is 7.34. The number of nitrogens with zero attached hydrogens (tertiary/aromatic N) is 2. The zero-order chi connectivity index (χ0) is 26.1. The van der Waals surface area contributed by atoms with Gasteiger partial charge in [0.15, 0.2) is 6.61 Å². The third-order valence-corrected chi connectivity index (χ3v) is 6.63. The molecule has 1 heterocycles. The lowest BCUT2D eigenvalue weighted by Gasteiger charge is -2.58. The third-order valence-electron chi connectivity index (χ3n) is 5.52. The van der Waals surface area contributed by atoms with E-state index >= 15 is 0 Å². The van der Waals surface area contributed by atoms with Gasteiger partial charge < -0.3 is 19.9 Å². The second-order valence-corrected chi connectivity index (χ2v) is 8.52. The summed E-state index contributed by atoms with van der Waals surface area (Å²) in [5, 5.41) is 9.80. The number of piperidine rings is 1. The number of ether oxygens (including phenoxy) is 3. The number of nitrogens with two attached hydrogens (primary N) is 1. The molecule has 35 heavy (non-hydrogen) atoms. The molecule has 2 N–H and O–H groups in total. The fraction of sp³-hybridized carbons (Fsp3) is 0.368. The van der Waals surface area contributed by atoms with Crippen molar-refractivity contribution in [2.45, 2.75) is 25.7 Å². The Kier molecular flexibility index (Phi) is 6.91. The predicted octanol–water partition coefficient (Wildman–Crippen LogP) is 0.332. The summed E-state index contributed by atoms with van der Waals surface area (Å²) in [5.41, 5.74) is 2.94. The quantitative estimate of drug-likeness (QED) is 0.0692. The Bertz CT molecular complexity index is 1140. The van der Waals surface area contributed by atoms with Crippen molar-refractivity contribution in [2.24, 2.45) is 11.1 Å². The number of ketones is 2. The number of nitro groups is 1. The molecule has 1 saturated carbocycles. The number of β-lactam (4-membered cyclic amide) rings is 1. The first-order valence-electron chi connectivity index (χ1n) is 9.71. The molecule has 1 aromatic carbocycles. The van der Waals surface area contributed by atoms with Crippen molar-refractivity contribution in [3.63, 3.8) is 0 Å². The van der Waals surface area contributed by atoms with E-state index in [1.165, 1.54) is 31.2 Å². The van der Waals surface area contributed by atoms with Crippen LogP contribution in [0.4, 0.5) is 15.3 Å². The zero-order valence-electron chi connectivity index (χ0n) is 18.2. The molecule has 186 valence electrons. The van der Waals surface area contributed by atoms with E-state index in [1.807, 2.05) is 0 Å². The molecule has 3 rings (SSSR count). The lowest BCUT2D eigenvalue weighted by molar-refractivity contribution is -0.977. The number of hydrogen-bond acceptors (Lipinski definition) is 13. The Morgan fingerprint density at radius 1 is 1.20 bits per heavy atom. The van der Waals surface area contributed by atoms with Crippen molar-refractivity contribution < 1.29 is 56.8 Å². The van der Waals surface area contributed by atoms with E-state index in [-0.39, 0.29) is 24.2 Å². The lowest BCUT2D eigenvalue weighted by Crippen LogP contribution is -2.92. The van der Waals surface area contributed by atoms with Crippen LogP contribution in [0.5, 0.6) is 0 Å². The van der Waals surface area contributed by atoms with Crippen molar-refractivity contribution >= 4 is 52.5 Å². The molecule has 15 nitrogen and oxygen atoms in total. The first-order chi connectivity index (χ1) is 16.4. The number of Topliss-reactive ketones (excluding diaryl/α,β-unsaturated/α-hetero) is 2. The molecule has 0 radical (unpaired) electrons. The summed E-state index contributed by atoms with van der Waals surface area (Å²) in [7, 11) is 1.02. The Labute approximate surface area is 200 Å².